The molecule has 1 atom stereocenters. The number of halogens is 1. The Kier molecular flexibility index (Phi) is 11.1. The van der Waals surface area contributed by atoms with Gasteiger partial charge in [0.25, 0.3) is 5.91 Å². The second-order valence-electron chi connectivity index (χ2n) is 15.7. The fraction of sp³-hybridized carbons (Fsp3) is 0.419. The predicted molar refractivity (Wildman–Crippen MR) is 218 cm³/mol. The van der Waals surface area contributed by atoms with Crippen LogP contribution >= 0.6 is 11.6 Å². The highest BCUT2D eigenvalue weighted by Crippen LogP contribution is 2.39. The fourth-order valence-electron chi connectivity index (χ4n) is 8.74. The molecule has 13 heteroatoms. The Morgan fingerprint density at radius 3 is 2.52 bits per heavy atom. The summed E-state index contributed by atoms with van der Waals surface area (Å²) >= 11 is 7.11. The molecular weight excluding hydrogens is 728 g/mol. The van der Waals surface area contributed by atoms with Crippen LogP contribution in [-0.2, 0) is 31.4 Å². The second kappa shape index (κ2) is 16.3. The maximum atomic E-state index is 13.8. The van der Waals surface area contributed by atoms with E-state index < -0.39 is 5.97 Å². The number of carboxylic acids is 1. The molecular formula is C43H49ClN8O4. The first-order valence-corrected chi connectivity index (χ1v) is 20.1. The van der Waals surface area contributed by atoms with Gasteiger partial charge in [0.15, 0.2) is 11.6 Å². The van der Waals surface area contributed by atoms with Gasteiger partial charge in [0.2, 0.25) is 0 Å². The lowest BCUT2D eigenvalue weighted by Crippen LogP contribution is -2.33. The molecule has 4 N–H and O–H groups in total. The molecule has 0 unspecified atom stereocenters. The molecule has 0 spiro atoms. The Labute approximate surface area is 331 Å². The van der Waals surface area contributed by atoms with E-state index in [1.54, 1.807) is 6.20 Å². The molecule has 8 rings (SSSR count). The molecule has 1 saturated heterocycles. The van der Waals surface area contributed by atoms with E-state index in [1.165, 1.54) is 0 Å². The Morgan fingerprint density at radius 1 is 0.964 bits per heavy atom. The SMILES string of the molecule is Cc1c(NC(=O)c2nc3c(n2C)CCN(CCC2CCC(C(=O)O)CC2)C3)cccc1-c1cccc(Nc2nccc3cc(CN4CC[C@@H](O)C4)cnc23)c1Cl. The summed E-state index contributed by atoms with van der Waals surface area (Å²) in [4.78, 5) is 44.0. The zero-order valence-electron chi connectivity index (χ0n) is 32.0. The molecule has 12 nitrogen and oxygen atoms in total. The average Bonchev–Trinajstić information content (AvgIpc) is 3.76. The number of aliphatic carboxylic acids is 1. The van der Waals surface area contributed by atoms with Crippen molar-refractivity contribution in [2.75, 3.05) is 36.8 Å². The molecule has 0 bridgehead atoms. The van der Waals surface area contributed by atoms with Crippen molar-refractivity contribution in [3.05, 3.63) is 94.3 Å². The predicted octanol–water partition coefficient (Wildman–Crippen LogP) is 7.19. The van der Waals surface area contributed by atoms with Crippen molar-refractivity contribution in [3.8, 4) is 11.1 Å². The number of hydrogen-bond donors (Lipinski definition) is 4. The Balaban J connectivity index is 0.941. The van der Waals surface area contributed by atoms with Crippen LogP contribution in [0.5, 0.6) is 0 Å². The van der Waals surface area contributed by atoms with Gasteiger partial charge in [-0.15, -0.1) is 0 Å². The fourth-order valence-corrected chi connectivity index (χ4v) is 9.02. The number of imidazole rings is 1. The van der Waals surface area contributed by atoms with Crippen molar-refractivity contribution < 1.29 is 19.8 Å². The van der Waals surface area contributed by atoms with Crippen molar-refractivity contribution in [3.63, 3.8) is 0 Å². The highest BCUT2D eigenvalue weighted by Gasteiger charge is 2.29. The number of aliphatic hydroxyl groups is 1. The van der Waals surface area contributed by atoms with Crippen LogP contribution < -0.4 is 10.6 Å². The second-order valence-corrected chi connectivity index (χ2v) is 16.1. The van der Waals surface area contributed by atoms with Crippen LogP contribution in [0, 0.1) is 18.8 Å². The third kappa shape index (κ3) is 8.02. The third-order valence-corrected chi connectivity index (χ3v) is 12.4. The minimum atomic E-state index is -0.660. The Hall–Kier alpha value is -4.88. The molecule has 1 aliphatic carbocycles. The normalized spacial score (nSPS) is 20.2. The van der Waals surface area contributed by atoms with Gasteiger partial charge in [-0.25, -0.2) is 9.97 Å². The van der Waals surface area contributed by atoms with Crippen molar-refractivity contribution in [1.82, 2.24) is 29.3 Å². The van der Waals surface area contributed by atoms with Crippen LogP contribution in [0.25, 0.3) is 22.0 Å². The van der Waals surface area contributed by atoms with Crippen molar-refractivity contribution in [2.24, 2.45) is 18.9 Å². The number of aliphatic hydroxyl groups excluding tert-OH is 1. The van der Waals surface area contributed by atoms with Gasteiger partial charge in [0.05, 0.1) is 28.4 Å². The van der Waals surface area contributed by atoms with Gasteiger partial charge in [0, 0.05) is 80.9 Å². The number of carboxylic acid groups (broad SMARTS) is 1. The molecule has 3 aliphatic rings. The molecule has 2 aliphatic heterocycles. The van der Waals surface area contributed by atoms with Gasteiger partial charge in [-0.1, -0.05) is 35.9 Å². The number of likely N-dealkylation sites (tertiary alicyclic amines) is 1. The summed E-state index contributed by atoms with van der Waals surface area (Å²) in [5, 5.41) is 27.3. The number of β-amino-alcohol motifs (C(OH)–C–C–N with tert-alkyl or cyclic N) is 1. The summed E-state index contributed by atoms with van der Waals surface area (Å²) < 4.78 is 1.93. The number of carbonyl (C=O) groups is 2. The van der Waals surface area contributed by atoms with Gasteiger partial charge in [0.1, 0.15) is 5.52 Å². The largest absolute Gasteiger partial charge is 0.481 e. The molecule has 1 saturated carbocycles. The van der Waals surface area contributed by atoms with E-state index in [1.807, 2.05) is 67.2 Å². The van der Waals surface area contributed by atoms with Crippen LogP contribution in [0.1, 0.15) is 71.7 Å². The Morgan fingerprint density at radius 2 is 1.75 bits per heavy atom. The van der Waals surface area contributed by atoms with E-state index in [2.05, 4.69) is 31.5 Å². The van der Waals surface area contributed by atoms with E-state index in [0.29, 0.717) is 47.0 Å². The minimum Gasteiger partial charge on any atom is -0.481 e. The molecule has 3 aromatic heterocycles. The van der Waals surface area contributed by atoms with E-state index >= 15 is 0 Å². The van der Waals surface area contributed by atoms with Gasteiger partial charge >= 0.3 is 5.97 Å². The first-order valence-electron chi connectivity index (χ1n) is 19.7. The van der Waals surface area contributed by atoms with E-state index in [0.717, 1.165) is 116 Å². The highest BCUT2D eigenvalue weighted by atomic mass is 35.5. The molecule has 5 heterocycles. The molecule has 1 amide bonds. The number of fused-ring (bicyclic) bond motifs is 2. The first kappa shape index (κ1) is 38.0. The van der Waals surface area contributed by atoms with Crippen molar-refractivity contribution in [2.45, 2.75) is 71.1 Å². The topological polar surface area (TPSA) is 149 Å². The molecule has 2 aromatic carbocycles. The zero-order chi connectivity index (χ0) is 38.9. The standard InChI is InChI=1S/C43H49ClN8O4/c1-26-32(33-6-4-8-35(38(33)44)47-40-39-30(13-17-45-40)21-28(22-46-39)23-52-19-15-31(53)24-52)5-3-7-34(26)49-42(54)41-48-36-25-51(20-16-37(36)50(41)2)18-14-27-9-11-29(12-10-27)43(55)56/h3-8,13,17,21-22,27,29,31,53H,9-12,14-16,18-20,23-25H2,1-2H3,(H,45,47)(H,49,54)(H,55,56)/t27?,29?,31-/m1/s1. The lowest BCUT2D eigenvalue weighted by Gasteiger charge is -2.30. The number of carbonyl (C=O) groups excluding carboxylic acids is 1. The van der Waals surface area contributed by atoms with Crippen molar-refractivity contribution >= 4 is 51.6 Å². The lowest BCUT2D eigenvalue weighted by atomic mass is 9.80. The lowest BCUT2D eigenvalue weighted by molar-refractivity contribution is -0.143. The minimum absolute atomic E-state index is 0.186. The first-order chi connectivity index (χ1) is 27.1. The van der Waals surface area contributed by atoms with Crippen LogP contribution in [0.15, 0.2) is 60.9 Å². The van der Waals surface area contributed by atoms with E-state index in [4.69, 9.17) is 21.6 Å². The summed E-state index contributed by atoms with van der Waals surface area (Å²) in [7, 11) is 1.92. The van der Waals surface area contributed by atoms with Crippen LogP contribution in [0.4, 0.5) is 17.2 Å². The summed E-state index contributed by atoms with van der Waals surface area (Å²) in [5.41, 5.74) is 7.81. The number of amides is 1. The van der Waals surface area contributed by atoms with Crippen LogP contribution in [0.2, 0.25) is 5.02 Å². The number of pyridine rings is 2. The molecule has 56 heavy (non-hydrogen) atoms. The van der Waals surface area contributed by atoms with Crippen LogP contribution in [-0.4, -0.2) is 83.7 Å². The number of nitrogens with one attached hydrogen (secondary N) is 2. The quantitative estimate of drug-likeness (QED) is 0.109. The summed E-state index contributed by atoms with van der Waals surface area (Å²) in [6.45, 7) is 6.84. The molecule has 5 aromatic rings. The maximum Gasteiger partial charge on any atom is 0.306 e. The number of aromatic nitrogens is 4. The van der Waals surface area contributed by atoms with E-state index in [-0.39, 0.29) is 17.9 Å². The summed E-state index contributed by atoms with van der Waals surface area (Å²) in [6, 6.07) is 15.7. The summed E-state index contributed by atoms with van der Waals surface area (Å²) in [6.07, 6.45) is 9.56. The number of nitrogens with zero attached hydrogens (tertiary/aromatic N) is 6. The smallest absolute Gasteiger partial charge is 0.306 e. The Bertz CT molecular complexity index is 2270. The number of hydrogen-bond acceptors (Lipinski definition) is 9. The average molecular weight is 777 g/mol. The van der Waals surface area contributed by atoms with Gasteiger partial charge in [-0.2, -0.15) is 0 Å². The number of anilines is 3. The van der Waals surface area contributed by atoms with E-state index in [9.17, 15) is 19.8 Å². The molecule has 0 radical (unpaired) electrons. The van der Waals surface area contributed by atoms with Gasteiger partial charge in [-0.05, 0) is 98.9 Å². The number of rotatable bonds is 11. The van der Waals surface area contributed by atoms with Gasteiger partial charge < -0.3 is 25.4 Å². The van der Waals surface area contributed by atoms with Crippen molar-refractivity contribution in [1.29, 1.82) is 0 Å². The molecule has 2 fully saturated rings. The third-order valence-electron chi connectivity index (χ3n) is 12.0. The number of benzene rings is 2. The highest BCUT2D eigenvalue weighted by molar-refractivity contribution is 6.36. The monoisotopic (exact) mass is 776 g/mol. The maximum absolute atomic E-state index is 13.8. The van der Waals surface area contributed by atoms with Gasteiger partial charge in [-0.3, -0.25) is 24.4 Å². The zero-order valence-corrected chi connectivity index (χ0v) is 32.7. The molecule has 292 valence electrons. The summed E-state index contributed by atoms with van der Waals surface area (Å²) in [5.74, 6) is 0.446. The van der Waals surface area contributed by atoms with Crippen LogP contribution in [0.3, 0.4) is 0 Å².